The van der Waals surface area contributed by atoms with E-state index in [0.29, 0.717) is 23.0 Å². The summed E-state index contributed by atoms with van der Waals surface area (Å²) in [5.41, 5.74) is 6.16. The van der Waals surface area contributed by atoms with Crippen molar-refractivity contribution in [3.05, 3.63) is 28.8 Å². The number of nitrogens with one attached hydrogen (secondary N) is 1. The number of hydrogen-bond donors (Lipinski definition) is 2. The summed E-state index contributed by atoms with van der Waals surface area (Å²) in [7, 11) is -3.49. The molecule has 1 aromatic rings. The normalized spacial score (nSPS) is 12.1. The topological polar surface area (TPSA) is 72.2 Å². The molecule has 0 aliphatic rings. The van der Waals surface area contributed by atoms with E-state index in [1.165, 1.54) is 12.1 Å². The van der Waals surface area contributed by atoms with Crippen LogP contribution in [0.2, 0.25) is 5.02 Å². The fraction of sp³-hybridized carbons (Fsp3) is 0.538. The number of rotatable bonds is 7. The van der Waals surface area contributed by atoms with Crippen LogP contribution in [-0.2, 0) is 16.6 Å². The largest absolute Gasteiger partial charge is 0.326 e. The molecule has 19 heavy (non-hydrogen) atoms. The minimum absolute atomic E-state index is 0.211. The summed E-state index contributed by atoms with van der Waals surface area (Å²) in [4.78, 5) is 0.211. The first-order chi connectivity index (χ1) is 8.94. The van der Waals surface area contributed by atoms with E-state index in [9.17, 15) is 8.42 Å². The van der Waals surface area contributed by atoms with Crippen LogP contribution in [0.4, 0.5) is 0 Å². The van der Waals surface area contributed by atoms with Gasteiger partial charge in [0.15, 0.2) is 0 Å². The molecule has 0 aromatic heterocycles. The van der Waals surface area contributed by atoms with Crippen molar-refractivity contribution in [1.82, 2.24) is 4.72 Å². The van der Waals surface area contributed by atoms with Gasteiger partial charge in [0.2, 0.25) is 10.0 Å². The third-order valence-corrected chi connectivity index (χ3v) is 5.05. The van der Waals surface area contributed by atoms with Crippen LogP contribution in [0, 0.1) is 5.92 Å². The molecule has 3 N–H and O–H groups in total. The molecule has 1 aromatic carbocycles. The minimum atomic E-state index is -3.49. The second-order valence-electron chi connectivity index (χ2n) is 4.49. The molecule has 6 heteroatoms. The molecule has 4 nitrogen and oxygen atoms in total. The molecule has 0 amide bonds. The van der Waals surface area contributed by atoms with Crippen molar-refractivity contribution in [2.45, 2.75) is 38.1 Å². The monoisotopic (exact) mass is 304 g/mol. The van der Waals surface area contributed by atoms with Crippen LogP contribution in [0.25, 0.3) is 0 Å². The van der Waals surface area contributed by atoms with Crippen LogP contribution in [0.15, 0.2) is 23.1 Å². The average molecular weight is 305 g/mol. The highest BCUT2D eigenvalue weighted by Gasteiger charge is 2.16. The molecule has 0 bridgehead atoms. The molecule has 0 unspecified atom stereocenters. The Labute approximate surface area is 120 Å². The van der Waals surface area contributed by atoms with Gasteiger partial charge in [-0.05, 0) is 29.7 Å². The lowest BCUT2D eigenvalue weighted by Gasteiger charge is -2.14. The van der Waals surface area contributed by atoms with Crippen LogP contribution >= 0.6 is 11.6 Å². The smallest absolute Gasteiger partial charge is 0.240 e. The van der Waals surface area contributed by atoms with Gasteiger partial charge in [0.05, 0.1) is 4.90 Å². The maximum atomic E-state index is 12.2. The molecule has 0 aliphatic heterocycles. The molecular weight excluding hydrogens is 284 g/mol. The zero-order valence-corrected chi connectivity index (χ0v) is 12.9. The second-order valence-corrected chi connectivity index (χ2v) is 6.67. The summed E-state index contributed by atoms with van der Waals surface area (Å²) in [6.07, 6.45) is 1.90. The zero-order valence-electron chi connectivity index (χ0n) is 11.3. The Morgan fingerprint density at radius 1 is 1.32 bits per heavy atom. The Morgan fingerprint density at radius 3 is 2.47 bits per heavy atom. The number of nitrogens with two attached hydrogens (primary N) is 1. The van der Waals surface area contributed by atoms with E-state index in [4.69, 9.17) is 17.3 Å². The maximum absolute atomic E-state index is 12.2. The van der Waals surface area contributed by atoms with E-state index >= 15 is 0 Å². The molecule has 0 heterocycles. The van der Waals surface area contributed by atoms with E-state index in [0.717, 1.165) is 12.8 Å². The lowest BCUT2D eigenvalue weighted by Crippen LogP contribution is -2.29. The number of sulfonamides is 1. The summed E-state index contributed by atoms with van der Waals surface area (Å²) in [5, 5.41) is 0.487. The van der Waals surface area contributed by atoms with Gasteiger partial charge in [-0.25, -0.2) is 13.1 Å². The van der Waals surface area contributed by atoms with Crippen molar-refractivity contribution in [2.24, 2.45) is 11.7 Å². The fourth-order valence-electron chi connectivity index (χ4n) is 1.76. The van der Waals surface area contributed by atoms with Crippen LogP contribution in [0.1, 0.15) is 32.3 Å². The van der Waals surface area contributed by atoms with Crippen LogP contribution in [-0.4, -0.2) is 15.0 Å². The molecule has 0 radical (unpaired) electrons. The minimum Gasteiger partial charge on any atom is -0.326 e. The highest BCUT2D eigenvalue weighted by atomic mass is 35.5. The summed E-state index contributed by atoms with van der Waals surface area (Å²) in [6, 6.07) is 4.59. The zero-order chi connectivity index (χ0) is 14.5. The maximum Gasteiger partial charge on any atom is 0.240 e. The summed E-state index contributed by atoms with van der Waals surface area (Å²) in [5.74, 6) is 0.357. The van der Waals surface area contributed by atoms with E-state index in [2.05, 4.69) is 18.6 Å². The highest BCUT2D eigenvalue weighted by Crippen LogP contribution is 2.20. The number of hydrogen-bond acceptors (Lipinski definition) is 3. The summed E-state index contributed by atoms with van der Waals surface area (Å²) < 4.78 is 26.9. The Kier molecular flexibility index (Phi) is 6.26. The van der Waals surface area contributed by atoms with Gasteiger partial charge in [-0.15, -0.1) is 0 Å². The third kappa shape index (κ3) is 4.45. The van der Waals surface area contributed by atoms with Gasteiger partial charge >= 0.3 is 0 Å². The standard InChI is InChI=1S/C13H21ClN2O2S/c1-3-10(4-2)9-16-19(17,18)12-5-6-13(14)11(7-12)8-15/h5-7,10,16H,3-4,8-9,15H2,1-2H3. The molecule has 0 fully saturated rings. The summed E-state index contributed by atoms with van der Waals surface area (Å²) >= 11 is 5.92. The van der Waals surface area contributed by atoms with Crippen molar-refractivity contribution in [1.29, 1.82) is 0 Å². The molecule has 0 aliphatic carbocycles. The second kappa shape index (κ2) is 7.24. The molecule has 0 saturated carbocycles. The van der Waals surface area contributed by atoms with E-state index in [-0.39, 0.29) is 11.4 Å². The van der Waals surface area contributed by atoms with Crippen molar-refractivity contribution < 1.29 is 8.42 Å². The van der Waals surface area contributed by atoms with Crippen LogP contribution < -0.4 is 10.5 Å². The predicted octanol–water partition coefficient (Wildman–Crippen LogP) is 2.51. The first-order valence-corrected chi connectivity index (χ1v) is 8.28. The van der Waals surface area contributed by atoms with Gasteiger partial charge in [0.1, 0.15) is 0 Å². The Balaban J connectivity index is 2.88. The molecular formula is C13H21ClN2O2S. The molecule has 0 atom stereocenters. The molecule has 0 saturated heterocycles. The molecule has 1 rings (SSSR count). The quantitative estimate of drug-likeness (QED) is 0.813. The van der Waals surface area contributed by atoms with Crippen LogP contribution in [0.3, 0.4) is 0 Å². The Hall–Kier alpha value is -0.620. The SMILES string of the molecule is CCC(CC)CNS(=O)(=O)c1ccc(Cl)c(CN)c1. The van der Waals surface area contributed by atoms with Crippen molar-refractivity contribution >= 4 is 21.6 Å². The van der Waals surface area contributed by atoms with Crippen molar-refractivity contribution in [3.8, 4) is 0 Å². The average Bonchev–Trinajstić information content (AvgIpc) is 2.40. The van der Waals surface area contributed by atoms with E-state index < -0.39 is 10.0 Å². The van der Waals surface area contributed by atoms with Gasteiger partial charge < -0.3 is 5.73 Å². The van der Waals surface area contributed by atoms with Crippen LogP contribution in [0.5, 0.6) is 0 Å². The first-order valence-electron chi connectivity index (χ1n) is 6.42. The predicted molar refractivity (Wildman–Crippen MR) is 78.6 cm³/mol. The Morgan fingerprint density at radius 2 is 1.95 bits per heavy atom. The molecule has 108 valence electrons. The summed E-state index contributed by atoms with van der Waals surface area (Å²) in [6.45, 7) is 4.78. The van der Waals surface area contributed by atoms with E-state index in [1.54, 1.807) is 6.07 Å². The number of benzene rings is 1. The first kappa shape index (κ1) is 16.4. The molecule has 0 spiro atoms. The lowest BCUT2D eigenvalue weighted by molar-refractivity contribution is 0.479. The van der Waals surface area contributed by atoms with Gasteiger partial charge in [-0.3, -0.25) is 0 Å². The van der Waals surface area contributed by atoms with E-state index in [1.807, 2.05) is 0 Å². The fourth-order valence-corrected chi connectivity index (χ4v) is 3.12. The number of halogens is 1. The van der Waals surface area contributed by atoms with Gasteiger partial charge in [-0.1, -0.05) is 38.3 Å². The van der Waals surface area contributed by atoms with Gasteiger partial charge in [-0.2, -0.15) is 0 Å². The third-order valence-electron chi connectivity index (χ3n) is 3.26. The van der Waals surface area contributed by atoms with Crippen molar-refractivity contribution in [3.63, 3.8) is 0 Å². The van der Waals surface area contributed by atoms with Gasteiger partial charge in [0, 0.05) is 18.1 Å². The Bertz CT molecular complexity index is 513. The lowest BCUT2D eigenvalue weighted by atomic mass is 10.0. The van der Waals surface area contributed by atoms with Gasteiger partial charge in [0.25, 0.3) is 0 Å². The highest BCUT2D eigenvalue weighted by molar-refractivity contribution is 7.89. The van der Waals surface area contributed by atoms with Crippen molar-refractivity contribution in [2.75, 3.05) is 6.54 Å².